The summed E-state index contributed by atoms with van der Waals surface area (Å²) in [5, 5.41) is 36.1. The second-order valence-electron chi connectivity index (χ2n) is 24.7. The maximum atomic E-state index is 12.4. The molecule has 0 aliphatic carbocycles. The van der Waals surface area contributed by atoms with Gasteiger partial charge < -0.3 is 117 Å². The third kappa shape index (κ3) is 28.5. The molecule has 6 aliphatic rings. The van der Waals surface area contributed by atoms with Crippen molar-refractivity contribution >= 4 is 31.2 Å². The van der Waals surface area contributed by atoms with Gasteiger partial charge in [0.15, 0.2) is 37.7 Å². The van der Waals surface area contributed by atoms with Gasteiger partial charge in [0.05, 0.1) is 101 Å². The van der Waals surface area contributed by atoms with Crippen LogP contribution in [0.1, 0.15) is 57.2 Å². The van der Waals surface area contributed by atoms with Crippen LogP contribution in [-0.4, -0.2) is 222 Å². The van der Waals surface area contributed by atoms with Crippen LogP contribution in [0.5, 0.6) is 0 Å². The molecule has 9 unspecified atom stereocenters. The Bertz CT molecular complexity index is 3370. The van der Waals surface area contributed by atoms with Crippen molar-refractivity contribution in [3.05, 3.63) is 128 Å². The summed E-state index contributed by atoms with van der Waals surface area (Å²) in [5.41, 5.74) is 22.4. The van der Waals surface area contributed by atoms with Crippen LogP contribution in [-0.2, 0) is 135 Å². The molecule has 3 aromatic rings. The molecule has 556 valence electrons. The Hall–Kier alpha value is -0.426. The number of nitrogens with two attached hydrogens (primary N) is 3. The molecule has 6 aliphatic heterocycles. The van der Waals surface area contributed by atoms with Gasteiger partial charge in [0.2, 0.25) is 31.2 Å². The fraction of sp³-hybridized carbons (Fsp3) is 0.635. The van der Waals surface area contributed by atoms with E-state index in [4.69, 9.17) is 103 Å². The topological polar surface area (TPSA) is 476 Å². The standard InChI is InChI=1S/C63H88N3O30S3.6Li/c1-6-7-17-24-79-58-46(64)35(3)53(43(89-58)31-86-97(70,71)72)95-62-50(68)56(81-27-39-20-13-9-14-21-39)41(29-84-62)91-60-48(66)37(5)55(45(93-60)33-88-99(76,77)78)96-63-51(69)57(82-28-40-22-15-10-16-23-40)42(30-85-63)90-59-47(65)36(4)54(44(92-59)32-87-98(73,74)75)94-61-49(67)52(34(2)25-83-61)80-26-38-18-11-8-12-19-38;;;;;;/h1,8-16,18-23,25,29-30,34-37,41-63,67-69H,7,17,24,26-28,31-33,64-66H2,2-5H3,(H,70,71,72)(H,73,74,75)(H,76,77,78);;;;;;/q-3;6*+1/p-3/t34-,35+,36+,37+,41-,42-,43?,44?,45?,46?,47?,48?,49?,50?,51?,52+,53+,54+,55+,56+,57+,58+,59+,60+,61-,62-,63-;;;;;;/m0....../s1. The Labute approximate surface area is 685 Å². The number of unbranched alkanes of at least 4 members (excludes halogenated alkanes) is 1. The van der Waals surface area contributed by atoms with Crippen molar-refractivity contribution in [3.8, 4) is 12.3 Å². The van der Waals surface area contributed by atoms with E-state index in [2.05, 4.69) is 10.1 Å². The van der Waals surface area contributed by atoms with Gasteiger partial charge in [0, 0.05) is 24.2 Å². The van der Waals surface area contributed by atoms with Crippen molar-refractivity contribution in [2.24, 2.45) is 40.9 Å². The van der Waals surface area contributed by atoms with Crippen molar-refractivity contribution in [1.82, 2.24) is 0 Å². The number of ether oxygens (including phenoxy) is 15. The molecule has 0 spiro atoms. The summed E-state index contributed by atoms with van der Waals surface area (Å²) in [6.45, 7) is 7.28. The van der Waals surface area contributed by atoms with Crippen LogP contribution in [0.25, 0.3) is 0 Å². The molecule has 3 aromatic carbocycles. The molecule has 33 nitrogen and oxygen atoms in total. The SMILES string of the molecule is C#CCCCO[C@@H]1OC(COS(=O)(=O)[O-])[C@H](O[C@@H]2O[CH-][C@H](O[C@@H]3OC(COS(=O)(=O)[O-])[C@H](O[C@@H]4O[CH-][C@H](O[C@@H]5OC(COS(=O)(=O)[O-])[C@H](O[C@@H]6O[CH-][C@H](C)[C@@H](OCc7ccccc7)C6O)[C@H](C)C5N)[C@@H](OCc5ccccc5)C4O)[C@H](C)C3N)[C@@H](OCc3ccccc3)C2O)[C@H](C)C1N.[Li+].[Li+].[Li+].[Li+].[Li+].[Li+]. The van der Waals surface area contributed by atoms with Gasteiger partial charge in [-0.2, -0.15) is 13.2 Å². The molecule has 6 saturated heterocycles. The van der Waals surface area contributed by atoms with Crippen LogP contribution >= 0.6 is 0 Å². The van der Waals surface area contributed by atoms with Crippen LogP contribution in [0, 0.1) is 55.8 Å². The molecule has 9 N–H and O–H groups in total. The average molecular weight is 1500 g/mol. The minimum atomic E-state index is -5.45. The smallest absolute Gasteiger partial charge is 0.726 e. The van der Waals surface area contributed by atoms with E-state index in [9.17, 15) is 54.2 Å². The van der Waals surface area contributed by atoms with Gasteiger partial charge in [-0.3, -0.25) is 12.5 Å². The molecular weight excluding hydrogens is 1420 g/mol. The third-order valence-corrected chi connectivity index (χ3v) is 18.9. The predicted molar refractivity (Wildman–Crippen MR) is 332 cm³/mol. The fourth-order valence-electron chi connectivity index (χ4n) is 12.1. The maximum absolute atomic E-state index is 12.4. The van der Waals surface area contributed by atoms with Gasteiger partial charge >= 0.3 is 113 Å². The summed E-state index contributed by atoms with van der Waals surface area (Å²) in [4.78, 5) is 0. The molecule has 105 heavy (non-hydrogen) atoms. The monoisotopic (exact) mass is 1500 g/mol. The quantitative estimate of drug-likeness (QED) is 0.00844. The number of aliphatic hydroxyl groups excluding tert-OH is 3. The number of hydrogen-bond acceptors (Lipinski definition) is 33. The second-order valence-corrected chi connectivity index (χ2v) is 27.9. The van der Waals surface area contributed by atoms with Crippen LogP contribution in [0.4, 0.5) is 0 Å². The predicted octanol–water partition coefficient (Wildman–Crippen LogP) is -18.1. The molecule has 0 saturated carbocycles. The summed E-state index contributed by atoms with van der Waals surface area (Å²) in [6, 6.07) is 23.3. The fourth-order valence-corrected chi connectivity index (χ4v) is 13.0. The van der Waals surface area contributed by atoms with Crippen molar-refractivity contribution < 1.29 is 251 Å². The minimum Gasteiger partial charge on any atom is -0.726 e. The summed E-state index contributed by atoms with van der Waals surface area (Å²) in [5.74, 6) is -0.578. The van der Waals surface area contributed by atoms with Crippen molar-refractivity contribution in [2.45, 2.75) is 202 Å². The normalized spacial score (nSPS) is 35.8. The first kappa shape index (κ1) is 98.8. The van der Waals surface area contributed by atoms with E-state index in [0.717, 1.165) is 18.8 Å². The molecule has 0 aromatic heterocycles. The van der Waals surface area contributed by atoms with Gasteiger partial charge in [-0.05, 0) is 35.3 Å². The molecule has 0 radical (unpaired) electrons. The van der Waals surface area contributed by atoms with Crippen LogP contribution in [0.3, 0.4) is 0 Å². The van der Waals surface area contributed by atoms with Crippen LogP contribution < -0.4 is 130 Å². The van der Waals surface area contributed by atoms with E-state index in [-0.39, 0.29) is 140 Å². The summed E-state index contributed by atoms with van der Waals surface area (Å²) in [7, 11) is -16.1. The Morgan fingerprint density at radius 2 is 0.743 bits per heavy atom. The van der Waals surface area contributed by atoms with E-state index < -0.39 is 216 Å². The zero-order valence-electron chi connectivity index (χ0n) is 60.2. The van der Waals surface area contributed by atoms with E-state index in [1.807, 2.05) is 30.3 Å². The van der Waals surface area contributed by atoms with Crippen LogP contribution in [0.15, 0.2) is 91.0 Å². The number of hydrogen-bond donors (Lipinski definition) is 6. The van der Waals surface area contributed by atoms with Crippen molar-refractivity contribution in [2.75, 3.05) is 26.4 Å². The number of rotatable bonds is 32. The second kappa shape index (κ2) is 46.2. The molecule has 9 rings (SSSR count). The van der Waals surface area contributed by atoms with Crippen molar-refractivity contribution in [1.29, 1.82) is 0 Å². The Kier molecular flexibility index (Phi) is 43.5. The van der Waals surface area contributed by atoms with E-state index in [1.165, 1.54) is 6.61 Å². The first-order valence-corrected chi connectivity index (χ1v) is 35.9. The zero-order chi connectivity index (χ0) is 71.3. The summed E-state index contributed by atoms with van der Waals surface area (Å²) in [6.07, 6.45) is -22.9. The van der Waals surface area contributed by atoms with E-state index in [1.54, 1.807) is 88.4 Å². The Morgan fingerprint density at radius 3 is 1.08 bits per heavy atom. The Morgan fingerprint density at radius 1 is 0.438 bits per heavy atom. The molecule has 0 bridgehead atoms. The minimum absolute atomic E-state index is 0. The third-order valence-electron chi connectivity index (χ3n) is 17.7. The molecule has 0 amide bonds. The van der Waals surface area contributed by atoms with E-state index in [0.29, 0.717) is 24.0 Å². The number of benzene rings is 3. The largest absolute Gasteiger partial charge is 1.00 e. The van der Waals surface area contributed by atoms with Gasteiger partial charge in [-0.1, -0.05) is 119 Å². The maximum Gasteiger partial charge on any atom is 1.00 e. The number of terminal acetylenes is 1. The zero-order valence-corrected chi connectivity index (χ0v) is 62.7. The molecule has 6 heterocycles. The molecule has 6 fully saturated rings. The first-order chi connectivity index (χ1) is 47.1. The Balaban J connectivity index is 0.00000477. The average Bonchev–Trinajstić information content (AvgIpc) is 0.782. The number of aliphatic hydroxyl groups is 3. The molecule has 42 heteroatoms. The molecular formula is C63H85Li6N3O30S3. The van der Waals surface area contributed by atoms with Gasteiger partial charge in [0.25, 0.3) is 0 Å². The van der Waals surface area contributed by atoms with Crippen LogP contribution in [0.2, 0.25) is 0 Å². The van der Waals surface area contributed by atoms with Gasteiger partial charge in [0.1, 0.15) is 36.6 Å². The first-order valence-electron chi connectivity index (χ1n) is 31.9. The summed E-state index contributed by atoms with van der Waals surface area (Å²) < 4.78 is 214. The molecule has 27 atom stereocenters. The van der Waals surface area contributed by atoms with Gasteiger partial charge in [-0.25, -0.2) is 31.9 Å². The van der Waals surface area contributed by atoms with E-state index >= 15 is 0 Å². The van der Waals surface area contributed by atoms with Gasteiger partial charge in [-0.15, -0.1) is 18.3 Å². The summed E-state index contributed by atoms with van der Waals surface area (Å²) >= 11 is 0. The van der Waals surface area contributed by atoms with Crippen molar-refractivity contribution in [3.63, 3.8) is 0 Å².